The Morgan fingerprint density at radius 1 is 1.29 bits per heavy atom. The van der Waals surface area contributed by atoms with Crippen LogP contribution in [0.25, 0.3) is 0 Å². The zero-order valence-electron chi connectivity index (χ0n) is 12.5. The van der Waals surface area contributed by atoms with Crippen molar-refractivity contribution in [3.8, 4) is 0 Å². The van der Waals surface area contributed by atoms with E-state index in [2.05, 4.69) is 21.2 Å². The SMILES string of the molecule is CCOC(=O)c1nnn(CC(=O)NNC(C)=O)c1C(C)C. The minimum Gasteiger partial charge on any atom is -0.461 e. The number of rotatable bonds is 5. The predicted molar refractivity (Wildman–Crippen MR) is 72.0 cm³/mol. The van der Waals surface area contributed by atoms with E-state index in [0.29, 0.717) is 5.69 Å². The van der Waals surface area contributed by atoms with Gasteiger partial charge < -0.3 is 4.74 Å². The van der Waals surface area contributed by atoms with Gasteiger partial charge in [-0.1, -0.05) is 19.1 Å². The highest BCUT2D eigenvalue weighted by Crippen LogP contribution is 2.18. The largest absolute Gasteiger partial charge is 0.461 e. The number of amides is 2. The first-order chi connectivity index (χ1) is 9.86. The van der Waals surface area contributed by atoms with Crippen LogP contribution in [0.1, 0.15) is 49.8 Å². The maximum absolute atomic E-state index is 11.8. The molecule has 0 bridgehead atoms. The molecule has 0 radical (unpaired) electrons. The molecule has 1 aromatic heterocycles. The van der Waals surface area contributed by atoms with Gasteiger partial charge in [-0.2, -0.15) is 0 Å². The number of hydrogen-bond donors (Lipinski definition) is 2. The van der Waals surface area contributed by atoms with Crippen LogP contribution in [0, 0.1) is 0 Å². The lowest BCUT2D eigenvalue weighted by Gasteiger charge is -2.11. The van der Waals surface area contributed by atoms with Crippen LogP contribution in [0.4, 0.5) is 0 Å². The summed E-state index contributed by atoms with van der Waals surface area (Å²) in [5, 5.41) is 7.58. The van der Waals surface area contributed by atoms with Crippen molar-refractivity contribution < 1.29 is 19.1 Å². The van der Waals surface area contributed by atoms with Gasteiger partial charge in [0.15, 0.2) is 5.69 Å². The number of nitrogens with zero attached hydrogens (tertiary/aromatic N) is 3. The van der Waals surface area contributed by atoms with Gasteiger partial charge in [-0.25, -0.2) is 9.48 Å². The van der Waals surface area contributed by atoms with Gasteiger partial charge in [0.05, 0.1) is 12.3 Å². The summed E-state index contributed by atoms with van der Waals surface area (Å²) in [5.41, 5.74) is 4.99. The summed E-state index contributed by atoms with van der Waals surface area (Å²) >= 11 is 0. The topological polar surface area (TPSA) is 115 Å². The molecule has 0 aliphatic rings. The van der Waals surface area contributed by atoms with Gasteiger partial charge in [0.25, 0.3) is 5.91 Å². The van der Waals surface area contributed by atoms with Crippen molar-refractivity contribution in [3.05, 3.63) is 11.4 Å². The zero-order chi connectivity index (χ0) is 16.0. The Balaban J connectivity index is 2.90. The normalized spacial score (nSPS) is 10.3. The van der Waals surface area contributed by atoms with Crippen molar-refractivity contribution in [1.29, 1.82) is 0 Å². The number of nitrogens with one attached hydrogen (secondary N) is 2. The fourth-order valence-corrected chi connectivity index (χ4v) is 1.69. The van der Waals surface area contributed by atoms with E-state index >= 15 is 0 Å². The van der Waals surface area contributed by atoms with Crippen LogP contribution in [0.15, 0.2) is 0 Å². The molecule has 1 heterocycles. The third-order valence-corrected chi connectivity index (χ3v) is 2.46. The third kappa shape index (κ3) is 4.55. The summed E-state index contributed by atoms with van der Waals surface area (Å²) in [5.74, 6) is -1.52. The molecule has 0 saturated heterocycles. The first-order valence-electron chi connectivity index (χ1n) is 6.52. The molecule has 0 atom stereocenters. The molecule has 9 nitrogen and oxygen atoms in total. The maximum Gasteiger partial charge on any atom is 0.360 e. The van der Waals surface area contributed by atoms with E-state index in [4.69, 9.17) is 4.74 Å². The Labute approximate surface area is 122 Å². The van der Waals surface area contributed by atoms with Crippen molar-refractivity contribution in [1.82, 2.24) is 25.8 Å². The van der Waals surface area contributed by atoms with E-state index < -0.39 is 17.8 Å². The van der Waals surface area contributed by atoms with E-state index in [0.717, 1.165) is 0 Å². The number of hydrazine groups is 1. The molecule has 21 heavy (non-hydrogen) atoms. The Morgan fingerprint density at radius 3 is 2.48 bits per heavy atom. The standard InChI is InChI=1S/C12H19N5O4/c1-5-21-12(20)10-11(7(2)3)17(16-15-10)6-9(19)14-13-8(4)18/h7H,5-6H2,1-4H3,(H,13,18)(H,14,19). The molecule has 116 valence electrons. The van der Waals surface area contributed by atoms with Gasteiger partial charge in [-0.15, -0.1) is 5.10 Å². The minimum absolute atomic E-state index is 0.0760. The second kappa shape index (κ2) is 7.36. The molecule has 1 rings (SSSR count). The number of hydrogen-bond acceptors (Lipinski definition) is 6. The Kier molecular flexibility index (Phi) is 5.82. The zero-order valence-corrected chi connectivity index (χ0v) is 12.5. The van der Waals surface area contributed by atoms with Crippen LogP contribution in [0.2, 0.25) is 0 Å². The van der Waals surface area contributed by atoms with Crippen LogP contribution in [0.3, 0.4) is 0 Å². The van der Waals surface area contributed by atoms with Crippen LogP contribution < -0.4 is 10.9 Å². The summed E-state index contributed by atoms with van der Waals surface area (Å²) in [6, 6.07) is 0. The van der Waals surface area contributed by atoms with Gasteiger partial charge in [-0.05, 0) is 12.8 Å². The molecule has 1 aromatic rings. The quantitative estimate of drug-likeness (QED) is 0.572. The van der Waals surface area contributed by atoms with Crippen molar-refractivity contribution >= 4 is 17.8 Å². The number of ether oxygens (including phenoxy) is 1. The van der Waals surface area contributed by atoms with Gasteiger partial charge >= 0.3 is 5.97 Å². The molecule has 0 fully saturated rings. The van der Waals surface area contributed by atoms with Gasteiger partial charge in [0, 0.05) is 6.92 Å². The molecule has 2 N–H and O–H groups in total. The highest BCUT2D eigenvalue weighted by Gasteiger charge is 2.24. The summed E-state index contributed by atoms with van der Waals surface area (Å²) < 4.78 is 6.22. The monoisotopic (exact) mass is 297 g/mol. The lowest BCUT2D eigenvalue weighted by molar-refractivity contribution is -0.128. The molecule has 0 saturated carbocycles. The smallest absolute Gasteiger partial charge is 0.360 e. The lowest BCUT2D eigenvalue weighted by Crippen LogP contribution is -2.42. The van der Waals surface area contributed by atoms with E-state index in [-0.39, 0.29) is 24.8 Å². The summed E-state index contributed by atoms with van der Waals surface area (Å²) in [7, 11) is 0. The molecular formula is C12H19N5O4. The Morgan fingerprint density at radius 2 is 1.95 bits per heavy atom. The second-order valence-electron chi connectivity index (χ2n) is 4.59. The van der Waals surface area contributed by atoms with Crippen LogP contribution in [-0.4, -0.2) is 39.4 Å². The van der Waals surface area contributed by atoms with Crippen molar-refractivity contribution in [2.45, 2.75) is 40.2 Å². The summed E-state index contributed by atoms with van der Waals surface area (Å²) in [6.07, 6.45) is 0. The van der Waals surface area contributed by atoms with E-state index in [1.54, 1.807) is 6.92 Å². The number of esters is 1. The van der Waals surface area contributed by atoms with Crippen molar-refractivity contribution in [2.24, 2.45) is 0 Å². The van der Waals surface area contributed by atoms with E-state index in [1.807, 2.05) is 13.8 Å². The molecule has 0 aliphatic carbocycles. The Bertz CT molecular complexity index is 538. The first-order valence-corrected chi connectivity index (χ1v) is 6.52. The molecule has 0 spiro atoms. The fourth-order valence-electron chi connectivity index (χ4n) is 1.69. The van der Waals surface area contributed by atoms with Gasteiger partial charge in [-0.3, -0.25) is 20.4 Å². The number of carbonyl (C=O) groups excluding carboxylic acids is 3. The van der Waals surface area contributed by atoms with Crippen LogP contribution in [0.5, 0.6) is 0 Å². The summed E-state index contributed by atoms with van der Waals surface area (Å²) in [4.78, 5) is 34.2. The average Bonchev–Trinajstić information content (AvgIpc) is 2.80. The van der Waals surface area contributed by atoms with Gasteiger partial charge in [0.2, 0.25) is 5.91 Å². The molecule has 0 aromatic carbocycles. The van der Waals surface area contributed by atoms with E-state index in [9.17, 15) is 14.4 Å². The lowest BCUT2D eigenvalue weighted by atomic mass is 10.1. The number of aromatic nitrogens is 3. The highest BCUT2D eigenvalue weighted by atomic mass is 16.5. The Hall–Kier alpha value is -2.45. The van der Waals surface area contributed by atoms with Crippen molar-refractivity contribution in [2.75, 3.05) is 6.61 Å². The molecule has 0 aliphatic heterocycles. The highest BCUT2D eigenvalue weighted by molar-refractivity contribution is 5.88. The van der Waals surface area contributed by atoms with Crippen LogP contribution in [-0.2, 0) is 20.9 Å². The third-order valence-electron chi connectivity index (χ3n) is 2.46. The molecule has 9 heteroatoms. The van der Waals surface area contributed by atoms with Crippen molar-refractivity contribution in [3.63, 3.8) is 0 Å². The predicted octanol–water partition coefficient (Wildman–Crippen LogP) is -0.254. The summed E-state index contributed by atoms with van der Waals surface area (Å²) in [6.45, 7) is 6.73. The molecule has 0 unspecified atom stereocenters. The minimum atomic E-state index is -0.574. The van der Waals surface area contributed by atoms with E-state index in [1.165, 1.54) is 11.6 Å². The van der Waals surface area contributed by atoms with Crippen LogP contribution >= 0.6 is 0 Å². The number of carbonyl (C=O) groups is 3. The van der Waals surface area contributed by atoms with Gasteiger partial charge in [0.1, 0.15) is 6.54 Å². The maximum atomic E-state index is 11.8. The fraction of sp³-hybridized carbons (Fsp3) is 0.583. The molecular weight excluding hydrogens is 278 g/mol. The average molecular weight is 297 g/mol. The second-order valence-corrected chi connectivity index (χ2v) is 4.59. The molecule has 2 amide bonds. The first kappa shape index (κ1) is 16.6.